The smallest absolute Gasteiger partial charge is 0.269 e. The van der Waals surface area contributed by atoms with Gasteiger partial charge in [-0.05, 0) is 42.0 Å². The molecule has 11 heteroatoms. The first-order valence-corrected chi connectivity index (χ1v) is 11.3. The Morgan fingerprint density at radius 3 is 2.39 bits per heavy atom. The van der Waals surface area contributed by atoms with Crippen LogP contribution < -0.4 is 19.1 Å². The van der Waals surface area contributed by atoms with Crippen LogP contribution in [-0.2, 0) is 21.4 Å². The number of carbonyl (C=O) groups is 1. The summed E-state index contributed by atoms with van der Waals surface area (Å²) in [6, 6.07) is 17.8. The Kier molecular flexibility index (Phi) is 6.13. The van der Waals surface area contributed by atoms with E-state index >= 15 is 0 Å². The molecule has 1 amide bonds. The number of carbonyl (C=O) groups excluding carboxylic acids is 1. The second-order valence-corrected chi connectivity index (χ2v) is 8.92. The minimum atomic E-state index is -4.11. The first-order valence-electron chi connectivity index (χ1n) is 9.82. The predicted molar refractivity (Wildman–Crippen MR) is 118 cm³/mol. The highest BCUT2D eigenvalue weighted by molar-refractivity contribution is 7.92. The fraction of sp³-hybridized carbons (Fsp3) is 0.136. The van der Waals surface area contributed by atoms with Gasteiger partial charge in [0.2, 0.25) is 12.7 Å². The molecule has 0 atom stereocenters. The van der Waals surface area contributed by atoms with Gasteiger partial charge in [-0.1, -0.05) is 24.3 Å². The molecule has 0 radical (unpaired) electrons. The van der Waals surface area contributed by atoms with E-state index in [0.717, 1.165) is 9.87 Å². The van der Waals surface area contributed by atoms with Crippen LogP contribution in [-0.4, -0.2) is 32.6 Å². The van der Waals surface area contributed by atoms with Crippen LogP contribution in [0, 0.1) is 10.1 Å². The van der Waals surface area contributed by atoms with Gasteiger partial charge in [-0.25, -0.2) is 8.42 Å². The molecule has 170 valence electrons. The zero-order valence-corrected chi connectivity index (χ0v) is 18.0. The van der Waals surface area contributed by atoms with Gasteiger partial charge in [0, 0.05) is 18.7 Å². The van der Waals surface area contributed by atoms with Crippen LogP contribution in [0.2, 0.25) is 0 Å². The van der Waals surface area contributed by atoms with Crippen LogP contribution in [0.1, 0.15) is 5.56 Å². The summed E-state index contributed by atoms with van der Waals surface area (Å²) in [6.07, 6.45) is 0. The number of non-ortho nitro benzene ring substituents is 1. The lowest BCUT2D eigenvalue weighted by molar-refractivity contribution is -0.384. The molecular weight excluding hydrogens is 450 g/mol. The predicted octanol–water partition coefficient (Wildman–Crippen LogP) is 2.84. The van der Waals surface area contributed by atoms with Gasteiger partial charge in [0.05, 0.1) is 15.5 Å². The number of nitrogens with one attached hydrogen (secondary N) is 1. The molecule has 33 heavy (non-hydrogen) atoms. The van der Waals surface area contributed by atoms with Crippen molar-refractivity contribution in [3.63, 3.8) is 0 Å². The van der Waals surface area contributed by atoms with Gasteiger partial charge in [0.1, 0.15) is 6.54 Å². The summed E-state index contributed by atoms with van der Waals surface area (Å²) >= 11 is 0. The number of nitrogens with zero attached hydrogens (tertiary/aromatic N) is 2. The fourth-order valence-corrected chi connectivity index (χ4v) is 4.66. The fourth-order valence-electron chi connectivity index (χ4n) is 3.21. The SMILES string of the molecule is O=C(CN(c1ccc([N+](=O)[O-])cc1)S(=O)(=O)c1ccccc1)NCc1ccc2c(c1)OCO2. The van der Waals surface area contributed by atoms with Crippen molar-refractivity contribution in [2.24, 2.45) is 0 Å². The van der Waals surface area contributed by atoms with Gasteiger partial charge in [-0.2, -0.15) is 0 Å². The van der Waals surface area contributed by atoms with Gasteiger partial charge in [0.25, 0.3) is 15.7 Å². The van der Waals surface area contributed by atoms with Gasteiger partial charge < -0.3 is 14.8 Å². The Bertz CT molecular complexity index is 1280. The van der Waals surface area contributed by atoms with Gasteiger partial charge >= 0.3 is 0 Å². The molecule has 0 fully saturated rings. The van der Waals surface area contributed by atoms with Crippen molar-refractivity contribution in [2.75, 3.05) is 17.6 Å². The van der Waals surface area contributed by atoms with E-state index in [1.807, 2.05) is 0 Å². The second kappa shape index (κ2) is 9.17. The molecule has 0 saturated heterocycles. The van der Waals surface area contributed by atoms with Crippen molar-refractivity contribution in [1.29, 1.82) is 0 Å². The van der Waals surface area contributed by atoms with Crippen molar-refractivity contribution in [1.82, 2.24) is 5.32 Å². The Morgan fingerprint density at radius 1 is 1.00 bits per heavy atom. The standard InChI is InChI=1S/C22H19N3O7S/c26-22(23-13-16-6-11-20-21(12-16)32-15-31-20)14-24(17-7-9-18(10-8-17)25(27)28)33(29,30)19-4-2-1-3-5-19/h1-12H,13-15H2,(H,23,26). The van der Waals surface area contributed by atoms with E-state index in [4.69, 9.17) is 9.47 Å². The number of hydrogen-bond acceptors (Lipinski definition) is 7. The minimum absolute atomic E-state index is 0.00748. The second-order valence-electron chi connectivity index (χ2n) is 7.06. The third-order valence-corrected chi connectivity index (χ3v) is 6.68. The van der Waals surface area contributed by atoms with Crippen LogP contribution in [0.4, 0.5) is 11.4 Å². The van der Waals surface area contributed by atoms with Gasteiger partial charge in [-0.3, -0.25) is 19.2 Å². The van der Waals surface area contributed by atoms with Crippen molar-refractivity contribution in [2.45, 2.75) is 11.4 Å². The van der Waals surface area contributed by atoms with Crippen LogP contribution in [0.3, 0.4) is 0 Å². The van der Waals surface area contributed by atoms with Crippen LogP contribution >= 0.6 is 0 Å². The summed E-state index contributed by atoms with van der Waals surface area (Å²) in [5.41, 5.74) is 0.686. The summed E-state index contributed by atoms with van der Waals surface area (Å²) in [7, 11) is -4.11. The highest BCUT2D eigenvalue weighted by Crippen LogP contribution is 2.32. The Balaban J connectivity index is 1.55. The summed E-state index contributed by atoms with van der Waals surface area (Å²) in [4.78, 5) is 23.1. The summed E-state index contributed by atoms with van der Waals surface area (Å²) in [6.45, 7) is -0.235. The lowest BCUT2D eigenvalue weighted by atomic mass is 10.2. The van der Waals surface area contributed by atoms with E-state index in [0.29, 0.717) is 11.5 Å². The normalized spacial score (nSPS) is 12.2. The topological polar surface area (TPSA) is 128 Å². The number of hydrogen-bond donors (Lipinski definition) is 1. The van der Waals surface area contributed by atoms with E-state index in [2.05, 4.69) is 5.32 Å². The Hall–Kier alpha value is -4.12. The first-order chi connectivity index (χ1) is 15.8. The quantitative estimate of drug-likeness (QED) is 0.397. The minimum Gasteiger partial charge on any atom is -0.454 e. The van der Waals surface area contributed by atoms with E-state index in [9.17, 15) is 23.3 Å². The van der Waals surface area contributed by atoms with E-state index in [1.54, 1.807) is 36.4 Å². The maximum Gasteiger partial charge on any atom is 0.269 e. The molecule has 4 rings (SSSR count). The van der Waals surface area contributed by atoms with E-state index < -0.39 is 27.4 Å². The Labute approximate surface area is 189 Å². The van der Waals surface area contributed by atoms with Crippen molar-refractivity contribution < 1.29 is 27.6 Å². The number of ether oxygens (including phenoxy) is 2. The highest BCUT2D eigenvalue weighted by Gasteiger charge is 2.27. The zero-order valence-electron chi connectivity index (χ0n) is 17.2. The molecule has 1 aliphatic heterocycles. The average molecular weight is 469 g/mol. The monoisotopic (exact) mass is 469 g/mol. The van der Waals surface area contributed by atoms with Crippen molar-refractivity contribution >= 4 is 27.3 Å². The van der Waals surface area contributed by atoms with E-state index in [-0.39, 0.29) is 29.6 Å². The number of amides is 1. The number of nitro benzene ring substituents is 1. The number of fused-ring (bicyclic) bond motifs is 1. The van der Waals surface area contributed by atoms with Gasteiger partial charge in [-0.15, -0.1) is 0 Å². The number of benzene rings is 3. The number of anilines is 1. The molecule has 0 aliphatic carbocycles. The van der Waals surface area contributed by atoms with Crippen molar-refractivity contribution in [3.05, 3.63) is 88.5 Å². The lowest BCUT2D eigenvalue weighted by Gasteiger charge is -2.24. The molecule has 0 spiro atoms. The third-order valence-electron chi connectivity index (χ3n) is 4.89. The number of nitro groups is 1. The molecule has 3 aromatic carbocycles. The molecule has 1 N–H and O–H groups in total. The molecule has 0 saturated carbocycles. The summed E-state index contributed by atoms with van der Waals surface area (Å²) in [5.74, 6) is 0.634. The van der Waals surface area contributed by atoms with Crippen LogP contribution in [0.15, 0.2) is 77.7 Å². The van der Waals surface area contributed by atoms with Gasteiger partial charge in [0.15, 0.2) is 11.5 Å². The van der Waals surface area contributed by atoms with E-state index in [1.165, 1.54) is 36.4 Å². The maximum atomic E-state index is 13.3. The molecule has 10 nitrogen and oxygen atoms in total. The third kappa shape index (κ3) is 4.88. The molecular formula is C22H19N3O7S. The largest absolute Gasteiger partial charge is 0.454 e. The maximum absolute atomic E-state index is 13.3. The first kappa shape index (κ1) is 22.1. The van der Waals surface area contributed by atoms with Crippen LogP contribution in [0.5, 0.6) is 11.5 Å². The molecule has 3 aromatic rings. The molecule has 0 aromatic heterocycles. The lowest BCUT2D eigenvalue weighted by Crippen LogP contribution is -2.40. The summed E-state index contributed by atoms with van der Waals surface area (Å²) < 4.78 is 38.0. The number of sulfonamides is 1. The van der Waals surface area contributed by atoms with Crippen molar-refractivity contribution in [3.8, 4) is 11.5 Å². The average Bonchev–Trinajstić information content (AvgIpc) is 3.30. The molecule has 1 heterocycles. The molecule has 1 aliphatic rings. The Morgan fingerprint density at radius 2 is 1.70 bits per heavy atom. The number of rotatable bonds is 8. The zero-order chi connectivity index (χ0) is 23.4. The highest BCUT2D eigenvalue weighted by atomic mass is 32.2. The molecule has 0 unspecified atom stereocenters. The molecule has 0 bridgehead atoms. The summed E-state index contributed by atoms with van der Waals surface area (Å²) in [5, 5.41) is 13.7. The van der Waals surface area contributed by atoms with Crippen LogP contribution in [0.25, 0.3) is 0 Å².